The minimum Gasteiger partial charge on any atom is -0.456 e. The van der Waals surface area contributed by atoms with Crippen LogP contribution in [0.25, 0.3) is 44.4 Å². The maximum Gasteiger partial charge on any atom is 0.349 e. The first-order valence-corrected chi connectivity index (χ1v) is 7.96. The van der Waals surface area contributed by atoms with Gasteiger partial charge in [-0.15, -0.1) is 0 Å². The van der Waals surface area contributed by atoms with E-state index in [0.717, 1.165) is 45.3 Å². The first kappa shape index (κ1) is 12.2. The zero-order valence-corrected chi connectivity index (χ0v) is 12.7. The van der Waals surface area contributed by atoms with Crippen molar-refractivity contribution in [3.05, 3.63) is 66.5 Å². The summed E-state index contributed by atoms with van der Waals surface area (Å²) in [5.74, 6) is 0. The first-order valence-electron chi connectivity index (χ1n) is 7.96. The molecule has 0 saturated heterocycles. The van der Waals surface area contributed by atoms with E-state index >= 15 is 0 Å². The fourth-order valence-electron chi connectivity index (χ4n) is 3.74. The lowest BCUT2D eigenvalue weighted by Gasteiger charge is -1.98. The molecule has 0 unspecified atom stereocenters. The Labute approximate surface area is 137 Å². The number of fused-ring (bicyclic) bond motifs is 8. The van der Waals surface area contributed by atoms with Crippen molar-refractivity contribution in [3.8, 4) is 11.3 Å². The summed E-state index contributed by atoms with van der Waals surface area (Å²) in [6.45, 7) is 0.799. The summed E-state index contributed by atoms with van der Waals surface area (Å²) in [5, 5.41) is 2.31. The van der Waals surface area contributed by atoms with Gasteiger partial charge in [-0.3, -0.25) is 0 Å². The lowest BCUT2D eigenvalue weighted by atomic mass is 10.0. The number of hydrogen-bond acceptors (Lipinski definition) is 3. The normalized spacial score (nSPS) is 12.8. The zero-order valence-electron chi connectivity index (χ0n) is 12.7. The second-order valence-corrected chi connectivity index (χ2v) is 6.18. The van der Waals surface area contributed by atoms with Crippen molar-refractivity contribution >= 4 is 33.1 Å². The van der Waals surface area contributed by atoms with Gasteiger partial charge in [0.25, 0.3) is 0 Å². The topological polar surface area (TPSA) is 42.8 Å². The van der Waals surface area contributed by atoms with Crippen molar-refractivity contribution in [2.45, 2.75) is 6.54 Å². The molecule has 4 nitrogen and oxygen atoms in total. The van der Waals surface area contributed by atoms with Crippen LogP contribution in [0.1, 0.15) is 5.56 Å². The van der Waals surface area contributed by atoms with E-state index in [-0.39, 0.29) is 0 Å². The third-order valence-corrected chi connectivity index (χ3v) is 4.85. The number of furan rings is 1. The van der Waals surface area contributed by atoms with Crippen LogP contribution in [0.2, 0.25) is 0 Å². The Morgan fingerprint density at radius 1 is 0.917 bits per heavy atom. The van der Waals surface area contributed by atoms with Crippen LogP contribution in [0.4, 0.5) is 0 Å². The molecule has 112 valence electrons. The van der Waals surface area contributed by atoms with Crippen molar-refractivity contribution in [2.75, 3.05) is 0 Å². The van der Waals surface area contributed by atoms with Crippen LogP contribution in [0, 0.1) is 0 Å². The highest BCUT2D eigenvalue weighted by Gasteiger charge is 2.28. The zero-order chi connectivity index (χ0) is 15.7. The fourth-order valence-corrected chi connectivity index (χ4v) is 3.74. The molecule has 0 bridgehead atoms. The summed E-state index contributed by atoms with van der Waals surface area (Å²) in [6, 6.07) is 16.5. The SMILES string of the molecule is c1cnc2c(c1)ncc1[n+]2Cc2cc3oc4ccccc4c3cc2-1. The quantitative estimate of drug-likeness (QED) is 0.400. The van der Waals surface area contributed by atoms with Gasteiger partial charge in [-0.1, -0.05) is 18.2 Å². The van der Waals surface area contributed by atoms with Gasteiger partial charge in [0.1, 0.15) is 23.9 Å². The summed E-state index contributed by atoms with van der Waals surface area (Å²) < 4.78 is 8.25. The second kappa shape index (κ2) is 4.17. The predicted octanol–water partition coefficient (Wildman–Crippen LogP) is 3.85. The van der Waals surface area contributed by atoms with E-state index in [1.54, 1.807) is 0 Å². The molecule has 0 spiro atoms. The second-order valence-electron chi connectivity index (χ2n) is 6.18. The average molecular weight is 310 g/mol. The summed E-state index contributed by atoms with van der Waals surface area (Å²) in [7, 11) is 0. The first-order chi connectivity index (χ1) is 11.9. The maximum absolute atomic E-state index is 6.02. The number of aromatic nitrogens is 3. The highest BCUT2D eigenvalue weighted by molar-refractivity contribution is 6.06. The molecule has 2 aromatic carbocycles. The molecule has 24 heavy (non-hydrogen) atoms. The number of benzene rings is 2. The molecule has 0 aliphatic carbocycles. The van der Waals surface area contributed by atoms with Gasteiger partial charge in [-0.05, 0) is 35.3 Å². The van der Waals surface area contributed by atoms with Gasteiger partial charge >= 0.3 is 5.65 Å². The minimum absolute atomic E-state index is 0.799. The molecule has 3 aromatic heterocycles. The number of para-hydroxylation sites is 1. The van der Waals surface area contributed by atoms with Crippen LogP contribution in [0.5, 0.6) is 0 Å². The van der Waals surface area contributed by atoms with Gasteiger partial charge in [-0.2, -0.15) is 0 Å². The Hall–Kier alpha value is -3.27. The number of nitrogens with zero attached hydrogens (tertiary/aromatic N) is 3. The number of rotatable bonds is 0. The van der Waals surface area contributed by atoms with E-state index in [1.165, 1.54) is 11.1 Å². The number of hydrogen-bond donors (Lipinski definition) is 0. The van der Waals surface area contributed by atoms with Gasteiger partial charge in [0.15, 0.2) is 11.2 Å². The molecule has 0 saturated carbocycles. The van der Waals surface area contributed by atoms with Crippen molar-refractivity contribution in [2.24, 2.45) is 0 Å². The molecule has 0 radical (unpaired) electrons. The molecule has 4 heterocycles. The highest BCUT2D eigenvalue weighted by atomic mass is 16.3. The molecular formula is C20H12N3O+. The molecule has 6 rings (SSSR count). The standard InChI is InChI=1S/C20H12N3O/c1-2-6-18-13(4-1)15-9-14-12(8-19(15)24-18)11-23-17(14)10-22-16-5-3-7-21-20(16)23/h1-10H,11H2/q+1. The lowest BCUT2D eigenvalue weighted by molar-refractivity contribution is -0.648. The highest BCUT2D eigenvalue weighted by Crippen LogP contribution is 2.36. The van der Waals surface area contributed by atoms with Crippen molar-refractivity contribution in [1.82, 2.24) is 9.97 Å². The molecule has 0 atom stereocenters. The van der Waals surface area contributed by atoms with Crippen LogP contribution >= 0.6 is 0 Å². The Morgan fingerprint density at radius 3 is 2.88 bits per heavy atom. The van der Waals surface area contributed by atoms with Gasteiger partial charge < -0.3 is 4.42 Å². The smallest absolute Gasteiger partial charge is 0.349 e. The molecule has 1 aliphatic heterocycles. The average Bonchev–Trinajstić information content (AvgIpc) is 3.17. The molecule has 0 amide bonds. The van der Waals surface area contributed by atoms with Gasteiger partial charge in [0.05, 0.1) is 6.20 Å². The molecule has 1 aliphatic rings. The van der Waals surface area contributed by atoms with Crippen LogP contribution < -0.4 is 4.57 Å². The van der Waals surface area contributed by atoms with E-state index in [4.69, 9.17) is 4.42 Å². The molecule has 0 N–H and O–H groups in total. The van der Waals surface area contributed by atoms with Crippen molar-refractivity contribution in [3.63, 3.8) is 0 Å². The van der Waals surface area contributed by atoms with Crippen LogP contribution in [0.3, 0.4) is 0 Å². The third kappa shape index (κ3) is 1.45. The summed E-state index contributed by atoms with van der Waals surface area (Å²) in [6.07, 6.45) is 3.77. The third-order valence-electron chi connectivity index (χ3n) is 4.85. The van der Waals surface area contributed by atoms with Crippen LogP contribution in [0.15, 0.2) is 65.3 Å². The van der Waals surface area contributed by atoms with E-state index in [2.05, 4.69) is 32.7 Å². The lowest BCUT2D eigenvalue weighted by Crippen LogP contribution is -2.34. The summed E-state index contributed by atoms with van der Waals surface area (Å²) >= 11 is 0. The fraction of sp³-hybridized carbons (Fsp3) is 0.0500. The van der Waals surface area contributed by atoms with Crippen LogP contribution in [-0.2, 0) is 6.54 Å². The Balaban J connectivity index is 1.71. The van der Waals surface area contributed by atoms with Crippen molar-refractivity contribution in [1.29, 1.82) is 0 Å². The minimum atomic E-state index is 0.799. The van der Waals surface area contributed by atoms with E-state index in [9.17, 15) is 0 Å². The Bertz CT molecular complexity index is 1290. The van der Waals surface area contributed by atoms with Gasteiger partial charge in [-0.25, -0.2) is 9.55 Å². The van der Waals surface area contributed by atoms with Gasteiger partial charge in [0, 0.05) is 21.9 Å². The maximum atomic E-state index is 6.02. The van der Waals surface area contributed by atoms with E-state index in [1.807, 2.05) is 42.7 Å². The largest absolute Gasteiger partial charge is 0.456 e. The van der Waals surface area contributed by atoms with Crippen LogP contribution in [-0.4, -0.2) is 9.97 Å². The van der Waals surface area contributed by atoms with E-state index in [0.29, 0.717) is 0 Å². The molecular weight excluding hydrogens is 298 g/mol. The van der Waals surface area contributed by atoms with E-state index < -0.39 is 0 Å². The Morgan fingerprint density at radius 2 is 1.88 bits per heavy atom. The molecule has 5 aromatic rings. The predicted molar refractivity (Wildman–Crippen MR) is 91.5 cm³/mol. The number of pyridine rings is 1. The van der Waals surface area contributed by atoms with Gasteiger partial charge in [0.2, 0.25) is 0 Å². The molecule has 0 fully saturated rings. The van der Waals surface area contributed by atoms with Crippen molar-refractivity contribution < 1.29 is 8.98 Å². The molecule has 4 heteroatoms. The Kier molecular flexibility index (Phi) is 2.12. The monoisotopic (exact) mass is 310 g/mol. The summed E-state index contributed by atoms with van der Waals surface area (Å²) in [5.41, 5.74) is 7.30. The summed E-state index contributed by atoms with van der Waals surface area (Å²) in [4.78, 5) is 9.10.